The zero-order chi connectivity index (χ0) is 10.3. The standard InChI is InChI=1S/C11H22O2/c1-4-6-8-11(3,5-2)9-7-10(12)13/h4-9H2,1-3H3,(H,12,13). The van der Waals surface area contributed by atoms with Crippen molar-refractivity contribution in [1.29, 1.82) is 0 Å². The minimum atomic E-state index is -0.670. The highest BCUT2D eigenvalue weighted by molar-refractivity contribution is 5.66. The van der Waals surface area contributed by atoms with Gasteiger partial charge in [-0.3, -0.25) is 4.79 Å². The Bertz CT molecular complexity index is 154. The van der Waals surface area contributed by atoms with Crippen LogP contribution in [0.1, 0.15) is 59.3 Å². The maximum Gasteiger partial charge on any atom is 0.303 e. The molecule has 1 N–H and O–H groups in total. The van der Waals surface area contributed by atoms with E-state index in [4.69, 9.17) is 5.11 Å². The number of hydrogen-bond donors (Lipinski definition) is 1. The highest BCUT2D eigenvalue weighted by Crippen LogP contribution is 2.33. The number of hydrogen-bond acceptors (Lipinski definition) is 1. The molecule has 0 amide bonds. The van der Waals surface area contributed by atoms with Crippen LogP contribution >= 0.6 is 0 Å². The van der Waals surface area contributed by atoms with Crippen LogP contribution in [0.5, 0.6) is 0 Å². The Kier molecular flexibility index (Phi) is 5.76. The van der Waals surface area contributed by atoms with Gasteiger partial charge in [-0.15, -0.1) is 0 Å². The normalized spacial score (nSPS) is 15.3. The molecule has 0 heterocycles. The zero-order valence-corrected chi connectivity index (χ0v) is 9.10. The van der Waals surface area contributed by atoms with Crippen molar-refractivity contribution in [2.24, 2.45) is 5.41 Å². The van der Waals surface area contributed by atoms with E-state index in [-0.39, 0.29) is 5.41 Å². The molecule has 0 fully saturated rings. The van der Waals surface area contributed by atoms with Crippen molar-refractivity contribution in [2.45, 2.75) is 59.3 Å². The third-order valence-electron chi connectivity index (χ3n) is 2.93. The fraction of sp³-hybridized carbons (Fsp3) is 0.909. The first-order chi connectivity index (χ1) is 6.04. The molecule has 13 heavy (non-hydrogen) atoms. The predicted octanol–water partition coefficient (Wildman–Crippen LogP) is 3.46. The summed E-state index contributed by atoms with van der Waals surface area (Å²) in [4.78, 5) is 10.4. The number of carboxylic acid groups (broad SMARTS) is 1. The molecule has 0 rings (SSSR count). The summed E-state index contributed by atoms with van der Waals surface area (Å²) < 4.78 is 0. The Balaban J connectivity index is 3.87. The van der Waals surface area contributed by atoms with Crippen LogP contribution in [0.3, 0.4) is 0 Å². The van der Waals surface area contributed by atoms with Crippen LogP contribution in [0, 0.1) is 5.41 Å². The van der Waals surface area contributed by atoms with Crippen LogP contribution in [0.15, 0.2) is 0 Å². The molecular weight excluding hydrogens is 164 g/mol. The number of carboxylic acids is 1. The van der Waals surface area contributed by atoms with E-state index in [9.17, 15) is 4.79 Å². The van der Waals surface area contributed by atoms with Crippen molar-refractivity contribution in [3.05, 3.63) is 0 Å². The third kappa shape index (κ3) is 5.67. The Morgan fingerprint density at radius 2 is 1.92 bits per heavy atom. The van der Waals surface area contributed by atoms with Crippen LogP contribution in [0.2, 0.25) is 0 Å². The first-order valence-electron chi connectivity index (χ1n) is 5.26. The van der Waals surface area contributed by atoms with Crippen LogP contribution < -0.4 is 0 Å². The minimum Gasteiger partial charge on any atom is -0.481 e. The van der Waals surface area contributed by atoms with Crippen LogP contribution in [-0.4, -0.2) is 11.1 Å². The quantitative estimate of drug-likeness (QED) is 0.661. The summed E-state index contributed by atoms with van der Waals surface area (Å²) >= 11 is 0. The van der Waals surface area contributed by atoms with Gasteiger partial charge >= 0.3 is 5.97 Å². The van der Waals surface area contributed by atoms with E-state index in [1.807, 2.05) is 0 Å². The summed E-state index contributed by atoms with van der Waals surface area (Å²) in [7, 11) is 0. The second-order valence-corrected chi connectivity index (χ2v) is 4.16. The summed E-state index contributed by atoms with van der Waals surface area (Å²) in [6, 6.07) is 0. The van der Waals surface area contributed by atoms with Gasteiger partial charge in [-0.05, 0) is 18.3 Å². The summed E-state index contributed by atoms with van der Waals surface area (Å²) in [6.07, 6.45) is 5.78. The molecule has 2 nitrogen and oxygen atoms in total. The summed E-state index contributed by atoms with van der Waals surface area (Å²) in [6.45, 7) is 6.52. The van der Waals surface area contributed by atoms with Crippen molar-refractivity contribution in [2.75, 3.05) is 0 Å². The van der Waals surface area contributed by atoms with E-state index >= 15 is 0 Å². The molecule has 0 spiro atoms. The molecule has 78 valence electrons. The van der Waals surface area contributed by atoms with E-state index in [2.05, 4.69) is 20.8 Å². The van der Waals surface area contributed by atoms with Gasteiger partial charge in [0.25, 0.3) is 0 Å². The van der Waals surface area contributed by atoms with Crippen molar-refractivity contribution in [3.63, 3.8) is 0 Å². The fourth-order valence-corrected chi connectivity index (χ4v) is 1.49. The van der Waals surface area contributed by atoms with E-state index in [1.54, 1.807) is 0 Å². The molecule has 0 aliphatic rings. The van der Waals surface area contributed by atoms with Gasteiger partial charge < -0.3 is 5.11 Å². The van der Waals surface area contributed by atoms with Crippen molar-refractivity contribution < 1.29 is 9.90 Å². The first kappa shape index (κ1) is 12.5. The second-order valence-electron chi connectivity index (χ2n) is 4.16. The number of carbonyl (C=O) groups is 1. The van der Waals surface area contributed by atoms with Gasteiger partial charge in [-0.25, -0.2) is 0 Å². The topological polar surface area (TPSA) is 37.3 Å². The fourth-order valence-electron chi connectivity index (χ4n) is 1.49. The molecule has 0 saturated heterocycles. The van der Waals surface area contributed by atoms with Crippen LogP contribution in [-0.2, 0) is 4.79 Å². The lowest BCUT2D eigenvalue weighted by molar-refractivity contribution is -0.137. The molecule has 0 aromatic heterocycles. The monoisotopic (exact) mass is 186 g/mol. The number of unbranched alkanes of at least 4 members (excludes halogenated alkanes) is 1. The first-order valence-corrected chi connectivity index (χ1v) is 5.26. The van der Waals surface area contributed by atoms with E-state index in [0.717, 1.165) is 19.3 Å². The highest BCUT2D eigenvalue weighted by atomic mass is 16.4. The molecule has 2 heteroatoms. The molecule has 1 atom stereocenters. The maximum absolute atomic E-state index is 10.4. The molecule has 0 aromatic carbocycles. The van der Waals surface area contributed by atoms with Crippen LogP contribution in [0.25, 0.3) is 0 Å². The average Bonchev–Trinajstić information content (AvgIpc) is 2.11. The van der Waals surface area contributed by atoms with Gasteiger partial charge in [0.05, 0.1) is 0 Å². The summed E-state index contributed by atoms with van der Waals surface area (Å²) in [5, 5.41) is 8.60. The van der Waals surface area contributed by atoms with E-state index in [1.165, 1.54) is 12.8 Å². The summed E-state index contributed by atoms with van der Waals surface area (Å²) in [5.41, 5.74) is 0.244. The van der Waals surface area contributed by atoms with Crippen molar-refractivity contribution in [3.8, 4) is 0 Å². The van der Waals surface area contributed by atoms with Gasteiger partial charge in [0.2, 0.25) is 0 Å². The van der Waals surface area contributed by atoms with E-state index in [0.29, 0.717) is 6.42 Å². The van der Waals surface area contributed by atoms with Gasteiger partial charge in [-0.2, -0.15) is 0 Å². The Morgan fingerprint density at radius 3 is 2.31 bits per heavy atom. The lowest BCUT2D eigenvalue weighted by Gasteiger charge is -2.27. The average molecular weight is 186 g/mol. The molecule has 0 aliphatic heterocycles. The third-order valence-corrected chi connectivity index (χ3v) is 2.93. The van der Waals surface area contributed by atoms with Gasteiger partial charge in [-0.1, -0.05) is 40.0 Å². The van der Waals surface area contributed by atoms with Crippen LogP contribution in [0.4, 0.5) is 0 Å². The molecule has 1 unspecified atom stereocenters. The van der Waals surface area contributed by atoms with Gasteiger partial charge in [0, 0.05) is 6.42 Å². The highest BCUT2D eigenvalue weighted by Gasteiger charge is 2.21. The molecule has 0 radical (unpaired) electrons. The van der Waals surface area contributed by atoms with Gasteiger partial charge in [0.15, 0.2) is 0 Å². The molecule has 0 saturated carbocycles. The lowest BCUT2D eigenvalue weighted by Crippen LogP contribution is -2.16. The lowest BCUT2D eigenvalue weighted by atomic mass is 9.78. The van der Waals surface area contributed by atoms with Crippen molar-refractivity contribution in [1.82, 2.24) is 0 Å². The second kappa shape index (κ2) is 6.01. The number of rotatable bonds is 7. The number of aliphatic carboxylic acids is 1. The zero-order valence-electron chi connectivity index (χ0n) is 9.10. The Hall–Kier alpha value is -0.530. The van der Waals surface area contributed by atoms with E-state index < -0.39 is 5.97 Å². The molecule has 0 aliphatic carbocycles. The summed E-state index contributed by atoms with van der Waals surface area (Å²) in [5.74, 6) is -0.670. The minimum absolute atomic E-state index is 0.244. The molecule has 0 aromatic rings. The van der Waals surface area contributed by atoms with Gasteiger partial charge in [0.1, 0.15) is 0 Å². The largest absolute Gasteiger partial charge is 0.481 e. The SMILES string of the molecule is CCCCC(C)(CC)CCC(=O)O. The smallest absolute Gasteiger partial charge is 0.303 e. The maximum atomic E-state index is 10.4. The van der Waals surface area contributed by atoms with Crippen molar-refractivity contribution >= 4 is 5.97 Å². The molecule has 0 bridgehead atoms. The molecular formula is C11H22O2. The Morgan fingerprint density at radius 1 is 1.31 bits per heavy atom. The predicted molar refractivity (Wildman–Crippen MR) is 54.8 cm³/mol. The Labute approximate surface area is 81.3 Å².